The molecular weight excluding hydrogens is 2160 g/mol. The van der Waals surface area contributed by atoms with E-state index in [0.717, 1.165) is 85.8 Å². The number of imidazole rings is 4. The summed E-state index contributed by atoms with van der Waals surface area (Å²) in [5.41, 5.74) is 10.8. The molecule has 0 spiro atoms. The van der Waals surface area contributed by atoms with Gasteiger partial charge in [0.15, 0.2) is 11.6 Å². The number of carbonyl (C=O) groups is 3. The number of rotatable bonds is 9. The van der Waals surface area contributed by atoms with Crippen molar-refractivity contribution in [2.75, 3.05) is 0 Å². The third kappa shape index (κ3) is 27.8. The van der Waals surface area contributed by atoms with Crippen LogP contribution in [-0.4, -0.2) is 90.5 Å². The van der Waals surface area contributed by atoms with Crippen molar-refractivity contribution in [1.82, 2.24) is 57.6 Å². The van der Waals surface area contributed by atoms with Crippen molar-refractivity contribution in [1.29, 1.82) is 0 Å². The Labute approximate surface area is 656 Å². The van der Waals surface area contributed by atoms with Gasteiger partial charge in [-0.25, -0.2) is 9.78 Å². The van der Waals surface area contributed by atoms with Crippen LogP contribution in [0, 0.1) is 51.1 Å². The Bertz CT molecular complexity index is 4790. The number of hydrogen-bond acceptors (Lipinski definition) is 12. The number of pyridine rings is 3. The third-order valence-electron chi connectivity index (χ3n) is 13.5. The van der Waals surface area contributed by atoms with E-state index in [2.05, 4.69) is 127 Å². The first-order chi connectivity index (χ1) is 46.3. The van der Waals surface area contributed by atoms with E-state index in [-0.39, 0.29) is 129 Å². The number of fused-ring (bicyclic) bond motifs is 6. The number of aromatic nitrogens is 12. The summed E-state index contributed by atoms with van der Waals surface area (Å²) in [6, 6.07) is 66.7. The summed E-state index contributed by atoms with van der Waals surface area (Å²) in [7, 11) is 3.93. The van der Waals surface area contributed by atoms with Crippen molar-refractivity contribution >= 4 is 50.4 Å². The van der Waals surface area contributed by atoms with E-state index in [1.807, 2.05) is 186 Å². The zero-order chi connectivity index (χ0) is 68.9. The summed E-state index contributed by atoms with van der Waals surface area (Å²) in [5, 5.41) is 34.0. The molecule has 0 bridgehead atoms. The predicted molar refractivity (Wildman–Crippen MR) is 377 cm³/mol. The van der Waals surface area contributed by atoms with Gasteiger partial charge in [-0.1, -0.05) is 48.7 Å². The first kappa shape index (κ1) is 88.2. The van der Waals surface area contributed by atoms with Crippen LogP contribution < -0.4 is 0 Å². The molecule has 0 saturated carbocycles. The molecule has 533 valence electrons. The van der Waals surface area contributed by atoms with Gasteiger partial charge in [-0.15, -0.1) is 172 Å². The quantitative estimate of drug-likeness (QED) is 0.0695. The van der Waals surface area contributed by atoms with Gasteiger partial charge in [0, 0.05) is 194 Å². The van der Waals surface area contributed by atoms with Crippen molar-refractivity contribution < 1.29 is 130 Å². The average molecular weight is 2240 g/mol. The number of benzene rings is 6. The minimum Gasteiger partial charge on any atom is -0.512 e. The summed E-state index contributed by atoms with van der Waals surface area (Å²) in [4.78, 5) is 55.7. The SMILES string of the molecule is CC(=O)C=C(C)O.CC(=O)C=C(C)O.CCCc1nc2c3[c-]cccc3ccn2n1.Cc1cccc(C)c1-n1ccnc1-c1[c-]cccc1.Cc1cn2ccc3ccc[c-]c3c2n1.Cn1ccnc1-c1[c-]cccc1.Cn1cnc(-c2[c-]cccc2)c1.O=C(O)c1ccccn1.[Ir].[Ir].[Ir].[Ir].[Ir]. The molecule has 101 heavy (non-hydrogen) atoms. The van der Waals surface area contributed by atoms with Crippen LogP contribution >= 0.6 is 0 Å². The van der Waals surface area contributed by atoms with Crippen molar-refractivity contribution in [2.45, 2.75) is 68.2 Å². The molecule has 0 amide bonds. The second kappa shape index (κ2) is 45.8. The Morgan fingerprint density at radius 2 is 1.03 bits per heavy atom. The molecule has 0 aliphatic heterocycles. The van der Waals surface area contributed by atoms with Crippen LogP contribution in [0.4, 0.5) is 0 Å². The zero-order valence-electron chi connectivity index (χ0n) is 57.0. The van der Waals surface area contributed by atoms with Gasteiger partial charge in [-0.2, -0.15) is 5.10 Å². The smallest absolute Gasteiger partial charge is 0.354 e. The van der Waals surface area contributed by atoms with E-state index in [1.165, 1.54) is 74.3 Å². The fraction of sp³-hybridized carbons (Fsp3) is 0.154. The first-order valence-electron chi connectivity index (χ1n) is 30.6. The number of para-hydroxylation sites is 1. The van der Waals surface area contributed by atoms with Crippen LogP contribution in [0.5, 0.6) is 0 Å². The molecule has 0 aliphatic carbocycles. The van der Waals surface area contributed by atoms with Crippen LogP contribution in [0.15, 0.2) is 243 Å². The van der Waals surface area contributed by atoms with Gasteiger partial charge in [-0.05, 0) is 90.5 Å². The Kier molecular flexibility index (Phi) is 39.9. The molecule has 5 radical (unpaired) electrons. The molecular formula is C78H75Ir5N12O6-5. The van der Waals surface area contributed by atoms with E-state index in [9.17, 15) is 14.4 Å². The van der Waals surface area contributed by atoms with Crippen LogP contribution in [0.2, 0.25) is 0 Å². The van der Waals surface area contributed by atoms with E-state index in [1.54, 1.807) is 24.7 Å². The number of nitrogens with zero attached hydrogens (tertiary/aromatic N) is 12. The fourth-order valence-electron chi connectivity index (χ4n) is 9.40. The van der Waals surface area contributed by atoms with Crippen LogP contribution in [0.3, 0.4) is 0 Å². The minimum atomic E-state index is -0.990. The summed E-state index contributed by atoms with van der Waals surface area (Å²) in [5.74, 6) is 1.68. The van der Waals surface area contributed by atoms with E-state index >= 15 is 0 Å². The van der Waals surface area contributed by atoms with E-state index in [0.29, 0.717) is 0 Å². The standard InChI is InChI=1S/C17H15N2.C13H12N3.C12H9N2.2C10H9N2.C6H5NO2.2C5H8O2.5Ir/c1-13-7-6-8-14(2)16(13)19-12-11-18-17(19)15-9-4-3-5-10-15;1-2-5-12-14-13-11-7-4-3-6-10(11)8-9-16(13)15-12;1-9-8-14-7-6-10-4-2-3-5-11(10)12(14)13-9;1-12-7-10(11-8-12)9-5-3-2-4-6-9;1-12-8-7-11-10(12)9-5-3-2-4-6-9;8-6(9)5-3-1-2-4-7-5;2*1-4(6)3-5(2)7;;;;;/h3-9,11-12H,1-2H3;3-4,6,8-9H,2,5H2,1H3;2-4,6-8H,1H3;2*2-5,7-8H,1H3;1-4H,(H,8,9);2*3,6H,1-2H3;;;;;/q5*-1;;;;;;;;. The number of allylic oxidation sites excluding steroid dienone is 4. The summed E-state index contributed by atoms with van der Waals surface area (Å²) in [6.07, 6.45) is 23.1. The minimum absolute atomic E-state index is 0. The molecule has 23 heteroatoms. The average Bonchev–Trinajstić information content (AvgIpc) is 1.67. The molecule has 0 atom stereocenters. The molecule has 6 aromatic carbocycles. The Hall–Kier alpha value is -8.93. The maximum absolute atomic E-state index is 10.1. The number of aryl methyl sites for hydroxylation is 6. The van der Waals surface area contributed by atoms with Gasteiger partial charge < -0.3 is 33.4 Å². The molecule has 0 saturated heterocycles. The predicted octanol–water partition coefficient (Wildman–Crippen LogP) is 15.8. The van der Waals surface area contributed by atoms with Crippen LogP contribution in [0.25, 0.3) is 72.6 Å². The Morgan fingerprint density at radius 3 is 1.50 bits per heavy atom. The Balaban J connectivity index is 0.000000398. The number of aliphatic hydroxyl groups excluding tert-OH is 2. The second-order valence-electron chi connectivity index (χ2n) is 21.6. The maximum Gasteiger partial charge on any atom is 0.354 e. The van der Waals surface area contributed by atoms with Gasteiger partial charge in [0.05, 0.1) is 40.8 Å². The number of ketones is 2. The van der Waals surface area contributed by atoms with E-state index < -0.39 is 5.97 Å². The normalized spacial score (nSPS) is 10.1. The molecule has 8 aromatic heterocycles. The Morgan fingerprint density at radius 1 is 0.505 bits per heavy atom. The molecule has 14 rings (SSSR count). The largest absolute Gasteiger partial charge is 0.512 e. The van der Waals surface area contributed by atoms with Gasteiger partial charge in [0.1, 0.15) is 11.5 Å². The molecule has 0 unspecified atom stereocenters. The van der Waals surface area contributed by atoms with Crippen molar-refractivity contribution in [3.05, 3.63) is 302 Å². The number of hydrogen-bond donors (Lipinski definition) is 3. The summed E-state index contributed by atoms with van der Waals surface area (Å²) in [6.45, 7) is 14.1. The van der Waals surface area contributed by atoms with Crippen molar-refractivity contribution in [3.63, 3.8) is 0 Å². The van der Waals surface area contributed by atoms with Crippen LogP contribution in [-0.2, 0) is 131 Å². The number of aromatic carboxylic acids is 1. The molecule has 0 fully saturated rings. The summed E-state index contributed by atoms with van der Waals surface area (Å²) < 4.78 is 9.91. The maximum atomic E-state index is 10.1. The second-order valence-corrected chi connectivity index (χ2v) is 21.6. The molecule has 18 nitrogen and oxygen atoms in total. The third-order valence-corrected chi connectivity index (χ3v) is 13.5. The number of carbonyl (C=O) groups excluding carboxylic acids is 2. The molecule has 8 heterocycles. The van der Waals surface area contributed by atoms with Gasteiger partial charge >= 0.3 is 5.97 Å². The van der Waals surface area contributed by atoms with Gasteiger partial charge in [-0.3, -0.25) is 39.0 Å². The fourth-order valence-corrected chi connectivity index (χ4v) is 9.40. The monoisotopic (exact) mass is 2240 g/mol. The van der Waals surface area contributed by atoms with Crippen molar-refractivity contribution in [2.24, 2.45) is 14.1 Å². The summed E-state index contributed by atoms with van der Waals surface area (Å²) >= 11 is 0. The zero-order valence-corrected chi connectivity index (χ0v) is 68.9. The first-order valence-corrected chi connectivity index (χ1v) is 30.6. The molecule has 3 N–H and O–H groups in total. The number of carboxylic acids is 1. The topological polar surface area (TPSA) is 226 Å². The number of carboxylic acid groups (broad SMARTS) is 1. The number of aliphatic hydroxyl groups is 2. The van der Waals surface area contributed by atoms with Crippen molar-refractivity contribution in [3.8, 4) is 39.7 Å². The molecule has 0 aliphatic rings. The van der Waals surface area contributed by atoms with E-state index in [4.69, 9.17) is 15.3 Å². The van der Waals surface area contributed by atoms with Gasteiger partial charge in [0.2, 0.25) is 0 Å². The molecule has 14 aromatic rings. The van der Waals surface area contributed by atoms with Gasteiger partial charge in [0.25, 0.3) is 0 Å². The van der Waals surface area contributed by atoms with Crippen LogP contribution in [0.1, 0.15) is 74.2 Å².